The Kier molecular flexibility index (Phi) is 3.11. The van der Waals surface area contributed by atoms with Crippen LogP contribution in [0.15, 0.2) is 0 Å². The van der Waals surface area contributed by atoms with Crippen molar-refractivity contribution in [3.63, 3.8) is 0 Å². The van der Waals surface area contributed by atoms with Gasteiger partial charge in [0.25, 0.3) is 7.52 Å². The molecule has 1 aliphatic rings. The minimum atomic E-state index is -3.83. The molecule has 1 rings (SSSR count). The molecular formula is C7H14NO4P. The molecule has 0 amide bonds. The predicted octanol–water partition coefficient (Wildman–Crippen LogP) is 0.615. The van der Waals surface area contributed by atoms with Gasteiger partial charge in [-0.2, -0.15) is 0 Å². The molecule has 1 saturated carbocycles. The number of ether oxygens (including phenoxy) is 1. The molecule has 1 aliphatic carbocycles. The summed E-state index contributed by atoms with van der Waals surface area (Å²) in [7, 11) is -3.83. The number of hydrogen-bond donors (Lipinski definition) is 2. The van der Waals surface area contributed by atoms with E-state index in [9.17, 15) is 9.36 Å². The van der Waals surface area contributed by atoms with Gasteiger partial charge in [0.05, 0.1) is 0 Å². The van der Waals surface area contributed by atoms with Crippen LogP contribution in [0.4, 0.5) is 0 Å². The first-order valence-electron chi connectivity index (χ1n) is 4.23. The minimum absolute atomic E-state index is 0.0681. The third-order valence-electron chi connectivity index (χ3n) is 2.23. The van der Waals surface area contributed by atoms with Crippen LogP contribution in [0.3, 0.4) is 0 Å². The van der Waals surface area contributed by atoms with Gasteiger partial charge < -0.3 is 9.63 Å². The van der Waals surface area contributed by atoms with Gasteiger partial charge in [-0.1, -0.05) is 0 Å². The van der Waals surface area contributed by atoms with Crippen LogP contribution in [0.1, 0.15) is 26.2 Å². The van der Waals surface area contributed by atoms with Gasteiger partial charge in [0, 0.05) is 0 Å². The zero-order valence-electron chi connectivity index (χ0n) is 7.47. The highest BCUT2D eigenvalue weighted by Crippen LogP contribution is 2.38. The molecule has 0 aromatic heterocycles. The maximum absolute atomic E-state index is 11.2. The van der Waals surface area contributed by atoms with Gasteiger partial charge in [0.15, 0.2) is 0 Å². The second kappa shape index (κ2) is 3.78. The van der Waals surface area contributed by atoms with Gasteiger partial charge in [-0.25, -0.2) is 0 Å². The first kappa shape index (κ1) is 10.7. The van der Waals surface area contributed by atoms with E-state index in [2.05, 4.69) is 0 Å². The van der Waals surface area contributed by atoms with Crippen molar-refractivity contribution in [3.8, 4) is 0 Å². The van der Waals surface area contributed by atoms with Gasteiger partial charge >= 0.3 is 5.97 Å². The summed E-state index contributed by atoms with van der Waals surface area (Å²) < 4.78 is 15.8. The van der Waals surface area contributed by atoms with Gasteiger partial charge in [-0.05, 0) is 26.2 Å². The fourth-order valence-corrected chi connectivity index (χ4v) is 1.27. The van der Waals surface area contributed by atoms with Gasteiger partial charge in [0.1, 0.15) is 11.8 Å². The number of carbonyl (C=O) groups is 1. The maximum Gasteiger partial charge on any atom is 0.320 e. The van der Waals surface area contributed by atoms with Crippen LogP contribution >= 0.6 is 7.52 Å². The van der Waals surface area contributed by atoms with E-state index in [0.717, 1.165) is 19.3 Å². The summed E-state index contributed by atoms with van der Waals surface area (Å²) in [6.45, 7) is 1.31. The topological polar surface area (TPSA) is 89.6 Å². The molecule has 0 saturated heterocycles. The number of nitrogens with two attached hydrogens (primary N) is 1. The van der Waals surface area contributed by atoms with Crippen LogP contribution in [-0.4, -0.2) is 22.6 Å². The van der Waals surface area contributed by atoms with E-state index in [1.807, 2.05) is 0 Å². The Hall–Kier alpha value is -0.380. The van der Waals surface area contributed by atoms with E-state index in [1.165, 1.54) is 6.92 Å². The molecule has 3 N–H and O–H groups in total. The molecule has 6 heteroatoms. The van der Waals surface area contributed by atoms with Gasteiger partial charge in [0.2, 0.25) is 0 Å². The quantitative estimate of drug-likeness (QED) is 0.522. The molecule has 2 atom stereocenters. The largest absolute Gasteiger partial charge is 0.462 e. The van der Waals surface area contributed by atoms with E-state index in [4.69, 9.17) is 15.1 Å². The lowest BCUT2D eigenvalue weighted by atomic mass is 9.96. The first-order valence-corrected chi connectivity index (χ1v) is 6.02. The summed E-state index contributed by atoms with van der Waals surface area (Å²) in [5, 5.41) is 0. The SMILES string of the molecule is C[C@H](C(=O)OC1CCC1)P(N)(=O)O. The summed E-state index contributed by atoms with van der Waals surface area (Å²) in [5.74, 6) is -0.668. The average molecular weight is 207 g/mol. The van der Waals surface area contributed by atoms with Crippen molar-refractivity contribution in [2.45, 2.75) is 37.9 Å². The molecule has 0 aliphatic heterocycles. The smallest absolute Gasteiger partial charge is 0.320 e. The lowest BCUT2D eigenvalue weighted by Gasteiger charge is -2.26. The Balaban J connectivity index is 2.42. The molecule has 0 aromatic rings. The van der Waals surface area contributed by atoms with E-state index < -0.39 is 19.1 Å². The third kappa shape index (κ3) is 2.79. The first-order chi connectivity index (χ1) is 5.91. The van der Waals surface area contributed by atoms with Crippen molar-refractivity contribution < 1.29 is 19.0 Å². The van der Waals surface area contributed by atoms with Crippen LogP contribution in [0, 0.1) is 0 Å². The molecule has 76 valence electrons. The molecular weight excluding hydrogens is 193 g/mol. The van der Waals surface area contributed by atoms with Gasteiger partial charge in [-0.15, -0.1) is 0 Å². The van der Waals surface area contributed by atoms with Crippen molar-refractivity contribution in [1.82, 2.24) is 0 Å². The molecule has 5 nitrogen and oxygen atoms in total. The van der Waals surface area contributed by atoms with E-state index in [-0.39, 0.29) is 6.10 Å². The molecule has 1 fully saturated rings. The monoisotopic (exact) mass is 207 g/mol. The predicted molar refractivity (Wildman–Crippen MR) is 47.2 cm³/mol. The summed E-state index contributed by atoms with van der Waals surface area (Å²) in [4.78, 5) is 20.1. The maximum atomic E-state index is 11.2. The fraction of sp³-hybridized carbons (Fsp3) is 0.857. The zero-order valence-corrected chi connectivity index (χ0v) is 8.37. The number of hydrogen-bond acceptors (Lipinski definition) is 3. The highest BCUT2D eigenvalue weighted by atomic mass is 31.2. The summed E-state index contributed by atoms with van der Waals surface area (Å²) >= 11 is 0. The highest BCUT2D eigenvalue weighted by molar-refractivity contribution is 7.57. The molecule has 13 heavy (non-hydrogen) atoms. The van der Waals surface area contributed by atoms with Gasteiger partial charge in [-0.3, -0.25) is 14.9 Å². The Morgan fingerprint density at radius 2 is 2.23 bits per heavy atom. The van der Waals surface area contributed by atoms with Crippen LogP contribution in [0.2, 0.25) is 0 Å². The highest BCUT2D eigenvalue weighted by Gasteiger charge is 2.33. The van der Waals surface area contributed by atoms with E-state index >= 15 is 0 Å². The number of rotatable bonds is 3. The fourth-order valence-electron chi connectivity index (χ4n) is 0.902. The standard InChI is InChI=1S/C7H14NO4P/c1-5(13(8,10)11)7(9)12-6-3-2-4-6/h5-6H,2-4H2,1H3,(H3,8,10,11)/t5-/m1/s1. The Morgan fingerprint density at radius 1 is 1.69 bits per heavy atom. The van der Waals surface area contributed by atoms with Crippen molar-refractivity contribution in [3.05, 3.63) is 0 Å². The lowest BCUT2D eigenvalue weighted by Crippen LogP contribution is -2.31. The molecule has 0 spiro atoms. The van der Waals surface area contributed by atoms with Crippen LogP contribution in [0.5, 0.6) is 0 Å². The van der Waals surface area contributed by atoms with Crippen molar-refractivity contribution in [1.29, 1.82) is 0 Å². The van der Waals surface area contributed by atoms with Crippen LogP contribution < -0.4 is 5.50 Å². The van der Waals surface area contributed by atoms with E-state index in [0.29, 0.717) is 0 Å². The number of esters is 1. The summed E-state index contributed by atoms with van der Waals surface area (Å²) in [6.07, 6.45) is 2.67. The lowest BCUT2D eigenvalue weighted by molar-refractivity contribution is -0.152. The Bertz CT molecular complexity index is 245. The molecule has 0 aromatic carbocycles. The summed E-state index contributed by atoms with van der Waals surface area (Å²) in [5.41, 5.74) is 3.81. The zero-order chi connectivity index (χ0) is 10.1. The van der Waals surface area contributed by atoms with Crippen LogP contribution in [0.25, 0.3) is 0 Å². The second-order valence-corrected chi connectivity index (χ2v) is 5.46. The molecule has 1 unspecified atom stereocenters. The second-order valence-electron chi connectivity index (χ2n) is 3.34. The minimum Gasteiger partial charge on any atom is -0.462 e. The molecule has 0 heterocycles. The van der Waals surface area contributed by atoms with Crippen LogP contribution in [-0.2, 0) is 14.1 Å². The van der Waals surface area contributed by atoms with Crippen molar-refractivity contribution in [2.75, 3.05) is 0 Å². The third-order valence-corrected chi connectivity index (χ3v) is 3.55. The Labute approximate surface area is 76.8 Å². The summed E-state index contributed by atoms with van der Waals surface area (Å²) in [6, 6.07) is 0. The Morgan fingerprint density at radius 3 is 2.54 bits per heavy atom. The molecule has 0 bridgehead atoms. The van der Waals surface area contributed by atoms with Crippen molar-refractivity contribution >= 4 is 13.5 Å². The normalized spacial score (nSPS) is 24.2. The van der Waals surface area contributed by atoms with E-state index in [1.54, 1.807) is 0 Å². The van der Waals surface area contributed by atoms with Crippen molar-refractivity contribution in [2.24, 2.45) is 5.50 Å². The number of carbonyl (C=O) groups excluding carboxylic acids is 1. The molecule has 0 radical (unpaired) electrons. The average Bonchev–Trinajstić information content (AvgIpc) is 1.93.